The maximum atomic E-state index is 2.33. The first-order valence-corrected chi connectivity index (χ1v) is 31.4. The summed E-state index contributed by atoms with van der Waals surface area (Å²) in [6, 6.07) is 26.9. The standard InChI is InChI=1S/4C10H13.2C2H6Si.2ClH.2Zr/c4*1-8-4-2-5-9-6-3-7-10(8)9;2*1-3-2;;;;/h4*3,6-8H,2,4-5H2,1H3;2*1-2H3;2*1H;;/q4*-1;;;;;2*+2/p-2. The van der Waals surface area contributed by atoms with Crippen molar-refractivity contribution in [2.75, 3.05) is 0 Å². The van der Waals surface area contributed by atoms with Crippen molar-refractivity contribution in [2.45, 2.75) is 155 Å². The molecule has 0 aromatic heterocycles. The Kier molecular flexibility index (Phi) is 25.1. The average Bonchev–Trinajstić information content (AvgIpc) is 3.85. The van der Waals surface area contributed by atoms with Crippen molar-refractivity contribution in [2.24, 2.45) is 0 Å². The van der Waals surface area contributed by atoms with Crippen molar-refractivity contribution in [1.29, 1.82) is 0 Å². The summed E-state index contributed by atoms with van der Waals surface area (Å²) in [5.41, 5.74) is 13.2. The van der Waals surface area contributed by atoms with Crippen LogP contribution >= 0.6 is 0 Å². The molecule has 4 aliphatic rings. The van der Waals surface area contributed by atoms with Crippen LogP contribution in [0.5, 0.6) is 0 Å². The van der Waals surface area contributed by atoms with Crippen LogP contribution in [0.3, 0.4) is 0 Å². The van der Waals surface area contributed by atoms with E-state index in [0.29, 0.717) is 0 Å². The third-order valence-electron chi connectivity index (χ3n) is 10.2. The molecule has 272 valence electrons. The fourth-order valence-electron chi connectivity index (χ4n) is 7.74. The van der Waals surface area contributed by atoms with Gasteiger partial charge in [0.25, 0.3) is 0 Å². The van der Waals surface area contributed by atoms with E-state index in [1.165, 1.54) is 77.0 Å². The Morgan fingerprint density at radius 1 is 0.440 bits per heavy atom. The predicted molar refractivity (Wildman–Crippen MR) is 209 cm³/mol. The zero-order chi connectivity index (χ0) is 35.1. The average molecular weight is 903 g/mol. The summed E-state index contributed by atoms with van der Waals surface area (Å²) in [6.45, 7) is 18.6. The van der Waals surface area contributed by atoms with Crippen molar-refractivity contribution in [3.05, 3.63) is 117 Å². The number of rotatable bonds is 0. The van der Waals surface area contributed by atoms with Crippen molar-refractivity contribution in [3.63, 3.8) is 0 Å². The van der Waals surface area contributed by atoms with Gasteiger partial charge in [0.2, 0.25) is 0 Å². The van der Waals surface area contributed by atoms with Crippen LogP contribution in [0.1, 0.15) is 147 Å². The van der Waals surface area contributed by atoms with E-state index >= 15 is 0 Å². The van der Waals surface area contributed by atoms with Gasteiger partial charge in [-0.2, -0.15) is 93.0 Å². The Hall–Kier alpha value is 0.180. The first-order valence-electron chi connectivity index (χ1n) is 19.0. The largest absolute Gasteiger partial charge is 1.00 e. The minimum Gasteiger partial charge on any atom is -1.00 e. The SMILES string of the molecule is CC1CCCc2[cH-]ccc21.CC1CCCc2[cH-]ccc21.CC1CCCc2[cH-]ccc21.CC1CCCc2[cH-]ccc21.C[Si](C)=[Zr+2].C[Si](C)=[Zr+2].[Cl-].[Cl-]. The van der Waals surface area contributed by atoms with Gasteiger partial charge >= 0.3 is 83.7 Å². The molecule has 6 heteroatoms. The normalized spacial score (nSPS) is 20.6. The topological polar surface area (TPSA) is 0 Å². The van der Waals surface area contributed by atoms with E-state index < -0.39 is 0 Å². The molecule has 0 fully saturated rings. The minimum atomic E-state index is 0. The van der Waals surface area contributed by atoms with Gasteiger partial charge in [-0.25, -0.2) is 24.3 Å². The van der Waals surface area contributed by atoms with Gasteiger partial charge in [0, 0.05) is 0 Å². The molecule has 4 aromatic rings. The van der Waals surface area contributed by atoms with Crippen LogP contribution in [-0.4, -0.2) is 10.9 Å². The molecule has 4 unspecified atom stereocenters. The molecule has 0 nitrogen and oxygen atoms in total. The summed E-state index contributed by atoms with van der Waals surface area (Å²) in [4.78, 5) is 0. The van der Waals surface area contributed by atoms with Gasteiger partial charge in [-0.3, -0.25) is 0 Å². The molecular formula is C44H64Cl2Si2Zr2-2. The van der Waals surface area contributed by atoms with Gasteiger partial charge in [0.05, 0.1) is 0 Å². The Morgan fingerprint density at radius 2 is 0.620 bits per heavy atom. The summed E-state index contributed by atoms with van der Waals surface area (Å²) < 4.78 is 0. The van der Waals surface area contributed by atoms with E-state index in [-0.39, 0.29) is 35.7 Å². The van der Waals surface area contributed by atoms with E-state index in [0.717, 1.165) is 23.7 Å². The third-order valence-corrected chi connectivity index (χ3v) is 10.2. The molecule has 0 radical (unpaired) electrons. The molecule has 0 saturated carbocycles. The Morgan fingerprint density at radius 3 is 0.780 bits per heavy atom. The van der Waals surface area contributed by atoms with Gasteiger partial charge in [0.15, 0.2) is 0 Å². The van der Waals surface area contributed by atoms with Crippen molar-refractivity contribution < 1.29 is 71.5 Å². The molecule has 0 spiro atoms. The second kappa shape index (κ2) is 26.1. The molecule has 0 saturated heterocycles. The van der Waals surface area contributed by atoms with E-state index in [4.69, 9.17) is 0 Å². The maximum absolute atomic E-state index is 2.33. The number of fused-ring (bicyclic) bond motifs is 4. The predicted octanol–water partition coefficient (Wildman–Crippen LogP) is 6.96. The summed E-state index contributed by atoms with van der Waals surface area (Å²) in [5, 5.41) is 0. The summed E-state index contributed by atoms with van der Waals surface area (Å²) >= 11 is 3.48. The van der Waals surface area contributed by atoms with Gasteiger partial charge in [-0.15, -0.1) is 0 Å². The fourth-order valence-corrected chi connectivity index (χ4v) is 7.74. The zero-order valence-corrected chi connectivity index (χ0v) is 40.9. The van der Waals surface area contributed by atoms with Crippen LogP contribution in [0.2, 0.25) is 26.2 Å². The van der Waals surface area contributed by atoms with Crippen molar-refractivity contribution >= 4 is 10.9 Å². The Balaban J connectivity index is 0.000000308. The second-order valence-corrected chi connectivity index (χ2v) is 33.9. The monoisotopic (exact) mass is 898 g/mol. The molecule has 0 aliphatic heterocycles. The van der Waals surface area contributed by atoms with E-state index in [1.54, 1.807) is 91.2 Å². The van der Waals surface area contributed by atoms with Crippen LogP contribution in [0.4, 0.5) is 0 Å². The van der Waals surface area contributed by atoms with E-state index in [1.807, 2.05) is 0 Å². The number of hydrogen-bond acceptors (Lipinski definition) is 0. The quantitative estimate of drug-likeness (QED) is 0.133. The van der Waals surface area contributed by atoms with Crippen LogP contribution in [0, 0.1) is 0 Å². The molecular weight excluding hydrogens is 838 g/mol. The first kappa shape index (κ1) is 48.2. The Bertz CT molecular complexity index is 1280. The molecule has 0 bridgehead atoms. The molecule has 4 aliphatic carbocycles. The summed E-state index contributed by atoms with van der Waals surface area (Å²) in [6.07, 6.45) is 16.3. The summed E-state index contributed by atoms with van der Waals surface area (Å²) in [5.74, 6) is 3.27. The number of hydrogen-bond donors (Lipinski definition) is 0. The van der Waals surface area contributed by atoms with E-state index in [2.05, 4.69) is 127 Å². The van der Waals surface area contributed by atoms with E-state index in [9.17, 15) is 0 Å². The number of halogens is 2. The third kappa shape index (κ3) is 16.7. The molecule has 4 atom stereocenters. The molecule has 50 heavy (non-hydrogen) atoms. The van der Waals surface area contributed by atoms with Crippen LogP contribution < -0.4 is 24.8 Å². The molecule has 0 amide bonds. The molecule has 8 rings (SSSR count). The van der Waals surface area contributed by atoms with Gasteiger partial charge in [-0.1, -0.05) is 128 Å². The van der Waals surface area contributed by atoms with Crippen molar-refractivity contribution in [1.82, 2.24) is 0 Å². The smallest absolute Gasteiger partial charge is 1.00 e. The van der Waals surface area contributed by atoms with Crippen LogP contribution in [0.15, 0.2) is 72.8 Å². The summed E-state index contributed by atoms with van der Waals surface area (Å²) in [7, 11) is 0. The second-order valence-electron chi connectivity index (χ2n) is 15.2. The van der Waals surface area contributed by atoms with Crippen molar-refractivity contribution in [3.8, 4) is 0 Å². The molecule has 0 N–H and O–H groups in total. The first-order chi connectivity index (χ1) is 23.0. The maximum Gasteiger partial charge on any atom is -1.00 e. The van der Waals surface area contributed by atoms with Crippen LogP contribution in [0.25, 0.3) is 0 Å². The molecule has 4 aromatic carbocycles. The minimum absolute atomic E-state index is 0. The fraction of sp³-hybridized carbons (Fsp3) is 0.545. The zero-order valence-electron chi connectivity index (χ0n) is 32.5. The number of aryl methyl sites for hydroxylation is 4. The van der Waals surface area contributed by atoms with Gasteiger partial charge in [0.1, 0.15) is 0 Å². The Labute approximate surface area is 350 Å². The van der Waals surface area contributed by atoms with Gasteiger partial charge in [-0.05, 0) is 0 Å². The van der Waals surface area contributed by atoms with Gasteiger partial charge < -0.3 is 24.8 Å². The van der Waals surface area contributed by atoms with Crippen LogP contribution in [-0.2, 0) is 72.4 Å². The molecule has 0 heterocycles.